The normalized spacial score (nSPS) is 10.3. The molecule has 0 aliphatic heterocycles. The Balaban J connectivity index is 3.01. The zero-order chi connectivity index (χ0) is 11.3. The van der Waals surface area contributed by atoms with Crippen molar-refractivity contribution in [1.82, 2.24) is 0 Å². The third kappa shape index (κ3) is 3.64. The summed E-state index contributed by atoms with van der Waals surface area (Å²) in [4.78, 5) is 10.5. The van der Waals surface area contributed by atoms with Crippen LogP contribution >= 0.6 is 11.6 Å². The molecule has 0 saturated heterocycles. The summed E-state index contributed by atoms with van der Waals surface area (Å²) < 4.78 is 10.1. The van der Waals surface area contributed by atoms with Crippen LogP contribution in [-0.2, 0) is 4.79 Å². The van der Waals surface area contributed by atoms with Crippen LogP contribution in [0, 0.1) is 0 Å². The van der Waals surface area contributed by atoms with Crippen LogP contribution in [0.2, 0.25) is 0 Å². The van der Waals surface area contributed by atoms with E-state index in [1.165, 1.54) is 6.08 Å². The van der Waals surface area contributed by atoms with Gasteiger partial charge in [0, 0.05) is 6.07 Å². The minimum Gasteiger partial charge on any atom is -0.497 e. The molecular weight excluding hydrogens is 216 g/mol. The maximum absolute atomic E-state index is 10.5. The zero-order valence-corrected chi connectivity index (χ0v) is 9.25. The number of carbonyl (C=O) groups excluding carboxylic acids is 1. The van der Waals surface area contributed by atoms with Crippen molar-refractivity contribution in [3.8, 4) is 11.5 Å². The lowest BCUT2D eigenvalue weighted by Gasteiger charge is -2.05. The minimum atomic E-state index is -0.517. The summed E-state index contributed by atoms with van der Waals surface area (Å²) >= 11 is 5.19. The average Bonchev–Trinajstić information content (AvgIpc) is 2.25. The molecule has 3 nitrogen and oxygen atoms in total. The first-order valence-corrected chi connectivity index (χ1v) is 4.64. The molecule has 0 atom stereocenters. The Bertz CT molecular complexity index is 363. The van der Waals surface area contributed by atoms with Crippen molar-refractivity contribution in [3.05, 3.63) is 29.8 Å². The Morgan fingerprint density at radius 3 is 2.13 bits per heavy atom. The van der Waals surface area contributed by atoms with Crippen molar-refractivity contribution in [2.45, 2.75) is 0 Å². The molecule has 0 saturated carbocycles. The number of halogens is 1. The van der Waals surface area contributed by atoms with Gasteiger partial charge in [-0.2, -0.15) is 0 Å². The van der Waals surface area contributed by atoms with Crippen LogP contribution < -0.4 is 9.47 Å². The second kappa shape index (κ2) is 5.41. The fraction of sp³-hybridized carbons (Fsp3) is 0.182. The molecule has 1 rings (SSSR count). The largest absolute Gasteiger partial charge is 0.497 e. The van der Waals surface area contributed by atoms with E-state index in [0.29, 0.717) is 11.5 Å². The van der Waals surface area contributed by atoms with E-state index >= 15 is 0 Å². The number of allylic oxidation sites excluding steroid dienone is 1. The molecule has 0 N–H and O–H groups in total. The van der Waals surface area contributed by atoms with Crippen molar-refractivity contribution in [1.29, 1.82) is 0 Å². The molecule has 1 aromatic carbocycles. The van der Waals surface area contributed by atoms with E-state index in [2.05, 4.69) is 0 Å². The molecule has 0 bridgehead atoms. The van der Waals surface area contributed by atoms with E-state index < -0.39 is 5.24 Å². The smallest absolute Gasteiger partial charge is 0.245 e. The third-order valence-corrected chi connectivity index (χ3v) is 1.91. The lowest BCUT2D eigenvalue weighted by molar-refractivity contribution is -0.107. The van der Waals surface area contributed by atoms with Crippen molar-refractivity contribution < 1.29 is 14.3 Å². The van der Waals surface area contributed by atoms with Gasteiger partial charge in [0.1, 0.15) is 11.5 Å². The Hall–Kier alpha value is -1.48. The summed E-state index contributed by atoms with van der Waals surface area (Å²) in [6.07, 6.45) is 2.87. The molecule has 1 aromatic rings. The molecule has 0 aliphatic carbocycles. The summed E-state index contributed by atoms with van der Waals surface area (Å²) in [5, 5.41) is -0.517. The number of rotatable bonds is 4. The Morgan fingerprint density at radius 2 is 1.73 bits per heavy atom. The Labute approximate surface area is 93.3 Å². The van der Waals surface area contributed by atoms with Crippen molar-refractivity contribution in [3.63, 3.8) is 0 Å². The summed E-state index contributed by atoms with van der Waals surface area (Å²) in [6.45, 7) is 0. The van der Waals surface area contributed by atoms with Gasteiger partial charge in [-0.25, -0.2) is 0 Å². The molecule has 0 fully saturated rings. The second-order valence-corrected chi connectivity index (χ2v) is 3.16. The van der Waals surface area contributed by atoms with Crippen LogP contribution in [0.25, 0.3) is 6.08 Å². The highest BCUT2D eigenvalue weighted by Gasteiger charge is 1.99. The SMILES string of the molecule is COc1cc(/C=C/C(=O)Cl)cc(OC)c1. The van der Waals surface area contributed by atoms with Crippen LogP contribution in [-0.4, -0.2) is 19.5 Å². The summed E-state index contributed by atoms with van der Waals surface area (Å²) in [5.74, 6) is 1.33. The maximum atomic E-state index is 10.5. The summed E-state index contributed by atoms with van der Waals surface area (Å²) in [7, 11) is 3.13. The predicted octanol–water partition coefficient (Wildman–Crippen LogP) is 2.48. The molecule has 80 valence electrons. The van der Waals surface area contributed by atoms with Gasteiger partial charge in [0.2, 0.25) is 5.24 Å². The van der Waals surface area contributed by atoms with E-state index in [-0.39, 0.29) is 0 Å². The number of methoxy groups -OCH3 is 2. The van der Waals surface area contributed by atoms with Crippen LogP contribution in [0.1, 0.15) is 5.56 Å². The molecule has 0 aliphatic rings. The molecular formula is C11H11ClO3. The molecule has 4 heteroatoms. The van der Waals surface area contributed by atoms with E-state index in [9.17, 15) is 4.79 Å². The van der Waals surface area contributed by atoms with Gasteiger partial charge in [-0.1, -0.05) is 0 Å². The van der Waals surface area contributed by atoms with Gasteiger partial charge >= 0.3 is 0 Å². The highest BCUT2D eigenvalue weighted by Crippen LogP contribution is 2.23. The molecule has 0 unspecified atom stereocenters. The molecule has 0 radical (unpaired) electrons. The first-order valence-electron chi connectivity index (χ1n) is 4.26. The fourth-order valence-corrected chi connectivity index (χ4v) is 1.15. The zero-order valence-electron chi connectivity index (χ0n) is 8.49. The first-order chi connectivity index (χ1) is 7.15. The predicted molar refractivity (Wildman–Crippen MR) is 59.4 cm³/mol. The average molecular weight is 227 g/mol. The van der Waals surface area contributed by atoms with Gasteiger partial charge in [0.05, 0.1) is 14.2 Å². The second-order valence-electron chi connectivity index (χ2n) is 2.78. The van der Waals surface area contributed by atoms with E-state index in [1.54, 1.807) is 38.5 Å². The van der Waals surface area contributed by atoms with Gasteiger partial charge in [-0.05, 0) is 41.4 Å². The van der Waals surface area contributed by atoms with Gasteiger partial charge in [0.25, 0.3) is 0 Å². The van der Waals surface area contributed by atoms with E-state index in [0.717, 1.165) is 5.56 Å². The fourth-order valence-electron chi connectivity index (χ4n) is 1.09. The number of carbonyl (C=O) groups is 1. The number of ether oxygens (including phenoxy) is 2. The van der Waals surface area contributed by atoms with Gasteiger partial charge in [0.15, 0.2) is 0 Å². The highest BCUT2D eigenvalue weighted by atomic mass is 35.5. The van der Waals surface area contributed by atoms with Gasteiger partial charge in [-0.15, -0.1) is 0 Å². The molecule has 0 aromatic heterocycles. The van der Waals surface area contributed by atoms with E-state index in [1.807, 2.05) is 0 Å². The quantitative estimate of drug-likeness (QED) is 0.585. The summed E-state index contributed by atoms with van der Waals surface area (Å²) in [5.41, 5.74) is 0.792. The highest BCUT2D eigenvalue weighted by molar-refractivity contribution is 6.66. The summed E-state index contributed by atoms with van der Waals surface area (Å²) in [6, 6.07) is 5.30. The van der Waals surface area contributed by atoms with Crippen molar-refractivity contribution in [2.75, 3.05) is 14.2 Å². The van der Waals surface area contributed by atoms with E-state index in [4.69, 9.17) is 21.1 Å². The standard InChI is InChI=1S/C11H11ClO3/c1-14-9-5-8(3-4-11(12)13)6-10(7-9)15-2/h3-7H,1-2H3/b4-3+. The number of benzene rings is 1. The lowest BCUT2D eigenvalue weighted by Crippen LogP contribution is -1.88. The third-order valence-electron chi connectivity index (χ3n) is 1.78. The monoisotopic (exact) mass is 226 g/mol. The molecule has 0 amide bonds. The topological polar surface area (TPSA) is 35.5 Å². The van der Waals surface area contributed by atoms with Gasteiger partial charge in [-0.3, -0.25) is 4.79 Å². The maximum Gasteiger partial charge on any atom is 0.245 e. The van der Waals surface area contributed by atoms with Crippen molar-refractivity contribution in [2.24, 2.45) is 0 Å². The van der Waals surface area contributed by atoms with Crippen LogP contribution in [0.3, 0.4) is 0 Å². The molecule has 0 heterocycles. The number of hydrogen-bond donors (Lipinski definition) is 0. The lowest BCUT2D eigenvalue weighted by atomic mass is 10.2. The van der Waals surface area contributed by atoms with Crippen LogP contribution in [0.15, 0.2) is 24.3 Å². The number of hydrogen-bond acceptors (Lipinski definition) is 3. The van der Waals surface area contributed by atoms with Crippen molar-refractivity contribution >= 4 is 22.9 Å². The molecule has 0 spiro atoms. The van der Waals surface area contributed by atoms with Crippen LogP contribution in [0.4, 0.5) is 0 Å². The van der Waals surface area contributed by atoms with Gasteiger partial charge < -0.3 is 9.47 Å². The minimum absolute atomic E-state index is 0.517. The Kier molecular flexibility index (Phi) is 4.18. The Morgan fingerprint density at radius 1 is 1.20 bits per heavy atom. The van der Waals surface area contributed by atoms with Crippen LogP contribution in [0.5, 0.6) is 11.5 Å². The molecule has 15 heavy (non-hydrogen) atoms. The first kappa shape index (κ1) is 11.6.